The standard InChI is InChI=1S/C15H22N2O3S/c1-2-20-14(18)11-5-6-12-13(11)17-15(21-12)16-7-8-19-9-10-3-4-10/h10-11H,2-9H2,1H3,(H,16,17). The van der Waals surface area contributed by atoms with Crippen molar-refractivity contribution in [1.29, 1.82) is 0 Å². The average molecular weight is 310 g/mol. The van der Waals surface area contributed by atoms with Crippen LogP contribution in [0.3, 0.4) is 0 Å². The number of aryl methyl sites for hydroxylation is 1. The normalized spacial score (nSPS) is 20.3. The molecule has 1 aromatic heterocycles. The summed E-state index contributed by atoms with van der Waals surface area (Å²) >= 11 is 1.65. The summed E-state index contributed by atoms with van der Waals surface area (Å²) in [6.45, 7) is 4.63. The Bertz CT molecular complexity index is 499. The van der Waals surface area contributed by atoms with Crippen LogP contribution in [0.2, 0.25) is 0 Å². The zero-order valence-electron chi connectivity index (χ0n) is 12.4. The van der Waals surface area contributed by atoms with Crippen molar-refractivity contribution in [3.8, 4) is 0 Å². The van der Waals surface area contributed by atoms with Crippen LogP contribution in [0, 0.1) is 5.92 Å². The predicted octanol–water partition coefficient (Wildman–Crippen LogP) is 2.57. The number of thiazole rings is 1. The molecule has 0 amide bonds. The maximum atomic E-state index is 11.9. The van der Waals surface area contributed by atoms with Gasteiger partial charge in [-0.1, -0.05) is 0 Å². The molecule has 2 aliphatic carbocycles. The van der Waals surface area contributed by atoms with Crippen LogP contribution >= 0.6 is 11.3 Å². The zero-order valence-corrected chi connectivity index (χ0v) is 13.2. The lowest BCUT2D eigenvalue weighted by Crippen LogP contribution is -2.14. The maximum Gasteiger partial charge on any atom is 0.315 e. The molecule has 1 saturated carbocycles. The number of fused-ring (bicyclic) bond motifs is 1. The van der Waals surface area contributed by atoms with Crippen LogP contribution in [-0.2, 0) is 20.7 Å². The second-order valence-electron chi connectivity index (χ2n) is 5.62. The Hall–Kier alpha value is -1.14. The van der Waals surface area contributed by atoms with Crippen LogP contribution in [0.1, 0.15) is 42.7 Å². The van der Waals surface area contributed by atoms with Crippen LogP contribution in [0.15, 0.2) is 0 Å². The molecule has 5 nitrogen and oxygen atoms in total. The van der Waals surface area contributed by atoms with Crippen molar-refractivity contribution in [1.82, 2.24) is 4.98 Å². The highest BCUT2D eigenvalue weighted by molar-refractivity contribution is 7.15. The third-order valence-corrected chi connectivity index (χ3v) is 4.95. The first kappa shape index (κ1) is 14.8. The van der Waals surface area contributed by atoms with E-state index in [2.05, 4.69) is 10.3 Å². The first-order chi connectivity index (χ1) is 10.3. The second kappa shape index (κ2) is 6.75. The number of nitrogens with one attached hydrogen (secondary N) is 1. The molecule has 1 aromatic rings. The van der Waals surface area contributed by atoms with Gasteiger partial charge in [0.1, 0.15) is 5.92 Å². The van der Waals surface area contributed by atoms with E-state index < -0.39 is 0 Å². The van der Waals surface area contributed by atoms with E-state index in [-0.39, 0.29) is 11.9 Å². The van der Waals surface area contributed by atoms with Crippen molar-refractivity contribution in [3.05, 3.63) is 10.6 Å². The number of anilines is 1. The highest BCUT2D eigenvalue weighted by Gasteiger charge is 2.33. The fraction of sp³-hybridized carbons (Fsp3) is 0.733. The van der Waals surface area contributed by atoms with E-state index in [0.29, 0.717) is 13.2 Å². The Morgan fingerprint density at radius 3 is 3.05 bits per heavy atom. The van der Waals surface area contributed by atoms with Gasteiger partial charge in [0.25, 0.3) is 0 Å². The molecule has 1 atom stereocenters. The first-order valence-electron chi connectivity index (χ1n) is 7.75. The number of hydrogen-bond acceptors (Lipinski definition) is 6. The number of carbonyl (C=O) groups excluding carboxylic acids is 1. The van der Waals surface area contributed by atoms with Gasteiger partial charge in [0.2, 0.25) is 0 Å². The molecule has 116 valence electrons. The summed E-state index contributed by atoms with van der Waals surface area (Å²) in [5.74, 6) is 0.498. The van der Waals surface area contributed by atoms with Gasteiger partial charge in [0.05, 0.1) is 18.9 Å². The topological polar surface area (TPSA) is 60.5 Å². The van der Waals surface area contributed by atoms with Crippen molar-refractivity contribution < 1.29 is 14.3 Å². The van der Waals surface area contributed by atoms with Crippen LogP contribution in [0.5, 0.6) is 0 Å². The van der Waals surface area contributed by atoms with E-state index in [0.717, 1.165) is 42.7 Å². The van der Waals surface area contributed by atoms with Crippen molar-refractivity contribution in [2.75, 3.05) is 31.7 Å². The minimum atomic E-state index is -0.169. The van der Waals surface area contributed by atoms with Crippen molar-refractivity contribution in [2.45, 2.75) is 38.5 Å². The molecule has 1 N–H and O–H groups in total. The van der Waals surface area contributed by atoms with Gasteiger partial charge in [-0.3, -0.25) is 4.79 Å². The lowest BCUT2D eigenvalue weighted by atomic mass is 10.1. The van der Waals surface area contributed by atoms with Crippen LogP contribution in [0.4, 0.5) is 5.13 Å². The molecule has 1 unspecified atom stereocenters. The molecular weight excluding hydrogens is 288 g/mol. The lowest BCUT2D eigenvalue weighted by Gasteiger charge is -2.08. The van der Waals surface area contributed by atoms with Crippen LogP contribution < -0.4 is 5.32 Å². The summed E-state index contributed by atoms with van der Waals surface area (Å²) < 4.78 is 10.7. The third kappa shape index (κ3) is 3.74. The summed E-state index contributed by atoms with van der Waals surface area (Å²) in [6.07, 6.45) is 4.40. The van der Waals surface area contributed by atoms with E-state index in [1.165, 1.54) is 17.7 Å². The average Bonchev–Trinajstić information content (AvgIpc) is 3.06. The summed E-state index contributed by atoms with van der Waals surface area (Å²) in [6, 6.07) is 0. The Labute approximate surface area is 129 Å². The number of aromatic nitrogens is 1. The molecule has 1 fully saturated rings. The summed E-state index contributed by atoms with van der Waals surface area (Å²) in [4.78, 5) is 17.7. The Balaban J connectivity index is 1.47. The number of ether oxygens (including phenoxy) is 2. The first-order valence-corrected chi connectivity index (χ1v) is 8.57. The van der Waals surface area contributed by atoms with E-state index in [1.54, 1.807) is 11.3 Å². The molecule has 21 heavy (non-hydrogen) atoms. The molecule has 0 aromatic carbocycles. The highest BCUT2D eigenvalue weighted by atomic mass is 32.1. The fourth-order valence-corrected chi connectivity index (χ4v) is 3.60. The largest absolute Gasteiger partial charge is 0.465 e. The number of esters is 1. The third-order valence-electron chi connectivity index (χ3n) is 3.86. The zero-order chi connectivity index (χ0) is 14.7. The molecular formula is C15H22N2O3S. The minimum absolute atomic E-state index is 0.138. The van der Waals surface area contributed by atoms with Gasteiger partial charge in [0, 0.05) is 18.0 Å². The molecule has 6 heteroatoms. The quantitative estimate of drug-likeness (QED) is 0.591. The lowest BCUT2D eigenvalue weighted by molar-refractivity contribution is -0.145. The van der Waals surface area contributed by atoms with Crippen molar-refractivity contribution in [2.24, 2.45) is 5.92 Å². The van der Waals surface area contributed by atoms with Gasteiger partial charge in [0.15, 0.2) is 5.13 Å². The summed E-state index contributed by atoms with van der Waals surface area (Å²) in [7, 11) is 0. The predicted molar refractivity (Wildman–Crippen MR) is 81.8 cm³/mol. The molecule has 0 bridgehead atoms. The van der Waals surface area contributed by atoms with E-state index >= 15 is 0 Å². The number of hydrogen-bond donors (Lipinski definition) is 1. The maximum absolute atomic E-state index is 11.9. The fourth-order valence-electron chi connectivity index (χ4n) is 2.54. The van der Waals surface area contributed by atoms with Gasteiger partial charge in [-0.05, 0) is 38.5 Å². The van der Waals surface area contributed by atoms with Crippen molar-refractivity contribution in [3.63, 3.8) is 0 Å². The second-order valence-corrected chi connectivity index (χ2v) is 6.70. The van der Waals surface area contributed by atoms with Crippen LogP contribution in [-0.4, -0.2) is 37.3 Å². The van der Waals surface area contributed by atoms with E-state index in [4.69, 9.17) is 9.47 Å². The van der Waals surface area contributed by atoms with Gasteiger partial charge < -0.3 is 14.8 Å². The molecule has 0 aliphatic heterocycles. The molecule has 1 heterocycles. The van der Waals surface area contributed by atoms with Gasteiger partial charge >= 0.3 is 5.97 Å². The van der Waals surface area contributed by atoms with Gasteiger partial charge in [-0.2, -0.15) is 0 Å². The molecule has 2 aliphatic rings. The number of nitrogens with zero attached hydrogens (tertiary/aromatic N) is 1. The van der Waals surface area contributed by atoms with Gasteiger partial charge in [-0.25, -0.2) is 4.98 Å². The Kier molecular flexibility index (Phi) is 4.75. The highest BCUT2D eigenvalue weighted by Crippen LogP contribution is 2.38. The minimum Gasteiger partial charge on any atom is -0.465 e. The van der Waals surface area contributed by atoms with Crippen LogP contribution in [0.25, 0.3) is 0 Å². The monoisotopic (exact) mass is 310 g/mol. The van der Waals surface area contributed by atoms with Crippen molar-refractivity contribution >= 4 is 22.4 Å². The molecule has 0 saturated heterocycles. The number of carbonyl (C=O) groups is 1. The molecule has 3 rings (SSSR count). The Morgan fingerprint density at radius 2 is 2.29 bits per heavy atom. The SMILES string of the molecule is CCOC(=O)C1CCc2sc(NCCOCC3CC3)nc21. The van der Waals surface area contributed by atoms with E-state index in [9.17, 15) is 4.79 Å². The number of rotatable bonds is 8. The Morgan fingerprint density at radius 1 is 1.43 bits per heavy atom. The van der Waals surface area contributed by atoms with E-state index in [1.807, 2.05) is 6.92 Å². The molecule has 0 radical (unpaired) electrons. The molecule has 0 spiro atoms. The summed E-state index contributed by atoms with van der Waals surface area (Å²) in [5.41, 5.74) is 0.917. The van der Waals surface area contributed by atoms with Gasteiger partial charge in [-0.15, -0.1) is 11.3 Å². The smallest absolute Gasteiger partial charge is 0.315 e. The summed E-state index contributed by atoms with van der Waals surface area (Å²) in [5, 5.41) is 4.18.